The molecule has 1 N–H and O–H groups in total. The molecule has 0 saturated carbocycles. The highest BCUT2D eigenvalue weighted by Gasteiger charge is 2.07. The van der Waals surface area contributed by atoms with Crippen molar-refractivity contribution in [2.45, 2.75) is 32.9 Å². The maximum atomic E-state index is 3.34. The van der Waals surface area contributed by atoms with E-state index in [9.17, 15) is 0 Å². The van der Waals surface area contributed by atoms with Crippen LogP contribution in [0, 0.1) is 6.92 Å². The molecule has 1 heterocycles. The van der Waals surface area contributed by atoms with Crippen LogP contribution in [-0.2, 0) is 6.54 Å². The maximum absolute atomic E-state index is 3.34. The van der Waals surface area contributed by atoms with Crippen LogP contribution in [0.3, 0.4) is 0 Å². The van der Waals surface area contributed by atoms with E-state index in [4.69, 9.17) is 0 Å². The second-order valence-corrected chi connectivity index (χ2v) is 4.86. The monoisotopic (exact) mass is 242 g/mol. The number of aromatic nitrogens is 1. The third kappa shape index (κ3) is 3.02. The van der Waals surface area contributed by atoms with Crippen LogP contribution in [0.2, 0.25) is 0 Å². The predicted molar refractivity (Wildman–Crippen MR) is 76.8 cm³/mol. The molecule has 1 unspecified atom stereocenters. The van der Waals surface area contributed by atoms with E-state index in [0.29, 0.717) is 6.04 Å². The molecule has 2 nitrogen and oxygen atoms in total. The SMILES string of the molecule is CCC(NC)c1ccn(Cc2cccc(C)c2)c1. The summed E-state index contributed by atoms with van der Waals surface area (Å²) in [5.74, 6) is 0. The Morgan fingerprint density at radius 2 is 2.11 bits per heavy atom. The van der Waals surface area contributed by atoms with Crippen LogP contribution in [0.15, 0.2) is 42.7 Å². The number of rotatable bonds is 5. The summed E-state index contributed by atoms with van der Waals surface area (Å²) in [6.07, 6.45) is 5.52. The zero-order valence-corrected chi connectivity index (χ0v) is 11.5. The van der Waals surface area contributed by atoms with Crippen molar-refractivity contribution < 1.29 is 0 Å². The van der Waals surface area contributed by atoms with E-state index < -0.39 is 0 Å². The van der Waals surface area contributed by atoms with E-state index in [1.807, 2.05) is 7.05 Å². The molecule has 0 fully saturated rings. The minimum Gasteiger partial charge on any atom is -0.350 e. The van der Waals surface area contributed by atoms with Crippen molar-refractivity contribution in [3.05, 3.63) is 59.4 Å². The average Bonchev–Trinajstić information content (AvgIpc) is 2.79. The Hall–Kier alpha value is -1.54. The molecule has 0 amide bonds. The second kappa shape index (κ2) is 5.87. The van der Waals surface area contributed by atoms with Gasteiger partial charge in [-0.1, -0.05) is 36.8 Å². The largest absolute Gasteiger partial charge is 0.350 e. The molecular formula is C16H22N2. The molecule has 96 valence electrons. The van der Waals surface area contributed by atoms with Crippen LogP contribution in [0.25, 0.3) is 0 Å². The van der Waals surface area contributed by atoms with Crippen molar-refractivity contribution in [2.75, 3.05) is 7.05 Å². The van der Waals surface area contributed by atoms with Gasteiger partial charge in [-0.2, -0.15) is 0 Å². The van der Waals surface area contributed by atoms with Crippen LogP contribution in [0.1, 0.15) is 36.1 Å². The van der Waals surface area contributed by atoms with Gasteiger partial charge in [-0.25, -0.2) is 0 Å². The van der Waals surface area contributed by atoms with Gasteiger partial charge in [0, 0.05) is 25.0 Å². The normalized spacial score (nSPS) is 12.6. The van der Waals surface area contributed by atoms with E-state index in [0.717, 1.165) is 13.0 Å². The van der Waals surface area contributed by atoms with Gasteiger partial charge in [0.05, 0.1) is 0 Å². The summed E-state index contributed by atoms with van der Waals surface area (Å²) in [5.41, 5.74) is 4.05. The highest BCUT2D eigenvalue weighted by molar-refractivity contribution is 5.23. The molecule has 0 aliphatic rings. The van der Waals surface area contributed by atoms with Gasteiger partial charge in [0.25, 0.3) is 0 Å². The number of benzene rings is 1. The Labute approximate surface area is 110 Å². The van der Waals surface area contributed by atoms with Gasteiger partial charge >= 0.3 is 0 Å². The first-order valence-electron chi connectivity index (χ1n) is 6.61. The van der Waals surface area contributed by atoms with E-state index >= 15 is 0 Å². The number of nitrogens with one attached hydrogen (secondary N) is 1. The average molecular weight is 242 g/mol. The number of nitrogens with zero attached hydrogens (tertiary/aromatic N) is 1. The molecule has 0 radical (unpaired) electrons. The van der Waals surface area contributed by atoms with Crippen LogP contribution >= 0.6 is 0 Å². The zero-order valence-electron chi connectivity index (χ0n) is 11.5. The van der Waals surface area contributed by atoms with E-state index in [1.165, 1.54) is 16.7 Å². The lowest BCUT2D eigenvalue weighted by atomic mass is 10.1. The van der Waals surface area contributed by atoms with Crippen molar-refractivity contribution in [3.63, 3.8) is 0 Å². The first-order valence-corrected chi connectivity index (χ1v) is 6.61. The van der Waals surface area contributed by atoms with Crippen LogP contribution in [0.4, 0.5) is 0 Å². The molecule has 0 bridgehead atoms. The summed E-state index contributed by atoms with van der Waals surface area (Å²) in [5, 5.41) is 3.34. The zero-order chi connectivity index (χ0) is 13.0. The lowest BCUT2D eigenvalue weighted by Gasteiger charge is -2.11. The van der Waals surface area contributed by atoms with Gasteiger partial charge in [-0.3, -0.25) is 0 Å². The van der Waals surface area contributed by atoms with Gasteiger partial charge in [-0.05, 0) is 37.6 Å². The fraction of sp³-hybridized carbons (Fsp3) is 0.375. The van der Waals surface area contributed by atoms with Crippen LogP contribution < -0.4 is 5.32 Å². The Morgan fingerprint density at radius 1 is 1.28 bits per heavy atom. The van der Waals surface area contributed by atoms with Gasteiger partial charge in [0.2, 0.25) is 0 Å². The highest BCUT2D eigenvalue weighted by Crippen LogP contribution is 2.17. The predicted octanol–water partition coefficient (Wildman–Crippen LogP) is 3.52. The van der Waals surface area contributed by atoms with Gasteiger partial charge in [0.1, 0.15) is 0 Å². The Morgan fingerprint density at radius 3 is 2.78 bits per heavy atom. The fourth-order valence-electron chi connectivity index (χ4n) is 2.39. The standard InChI is InChI=1S/C16H22N2/c1-4-16(17-3)15-8-9-18(12-15)11-14-7-5-6-13(2)10-14/h5-10,12,16-17H,4,11H2,1-3H3. The Bertz CT molecular complexity index is 495. The highest BCUT2D eigenvalue weighted by atomic mass is 14.9. The van der Waals surface area contributed by atoms with Gasteiger partial charge in [0.15, 0.2) is 0 Å². The van der Waals surface area contributed by atoms with Crippen molar-refractivity contribution in [1.29, 1.82) is 0 Å². The third-order valence-electron chi connectivity index (χ3n) is 3.38. The second-order valence-electron chi connectivity index (χ2n) is 4.86. The molecule has 18 heavy (non-hydrogen) atoms. The molecule has 2 heteroatoms. The summed E-state index contributed by atoms with van der Waals surface area (Å²) in [4.78, 5) is 0. The first kappa shape index (κ1) is 12.9. The summed E-state index contributed by atoms with van der Waals surface area (Å²) in [7, 11) is 2.02. The minimum absolute atomic E-state index is 0.462. The molecule has 0 saturated heterocycles. The molecule has 1 aromatic heterocycles. The topological polar surface area (TPSA) is 17.0 Å². The molecule has 0 spiro atoms. The lowest BCUT2D eigenvalue weighted by molar-refractivity contribution is 0.575. The number of hydrogen-bond donors (Lipinski definition) is 1. The van der Waals surface area contributed by atoms with E-state index in [-0.39, 0.29) is 0 Å². The molecule has 1 atom stereocenters. The molecule has 0 aliphatic heterocycles. The molecule has 0 aliphatic carbocycles. The van der Waals surface area contributed by atoms with Crippen LogP contribution in [0.5, 0.6) is 0 Å². The van der Waals surface area contributed by atoms with Crippen molar-refractivity contribution >= 4 is 0 Å². The molecule has 2 rings (SSSR count). The van der Waals surface area contributed by atoms with Crippen molar-refractivity contribution in [2.24, 2.45) is 0 Å². The Kier molecular flexibility index (Phi) is 4.21. The molecule has 2 aromatic rings. The van der Waals surface area contributed by atoms with Crippen LogP contribution in [-0.4, -0.2) is 11.6 Å². The van der Waals surface area contributed by atoms with Gasteiger partial charge in [-0.15, -0.1) is 0 Å². The smallest absolute Gasteiger partial charge is 0.0470 e. The summed E-state index contributed by atoms with van der Waals surface area (Å²) < 4.78 is 2.25. The number of hydrogen-bond acceptors (Lipinski definition) is 1. The lowest BCUT2D eigenvalue weighted by Crippen LogP contribution is -2.14. The van der Waals surface area contributed by atoms with Gasteiger partial charge < -0.3 is 9.88 Å². The maximum Gasteiger partial charge on any atom is 0.0470 e. The third-order valence-corrected chi connectivity index (χ3v) is 3.38. The summed E-state index contributed by atoms with van der Waals surface area (Å²) in [6, 6.07) is 11.4. The minimum atomic E-state index is 0.462. The number of aryl methyl sites for hydroxylation is 1. The first-order chi connectivity index (χ1) is 8.72. The fourth-order valence-corrected chi connectivity index (χ4v) is 2.39. The molecule has 1 aromatic carbocycles. The molecular weight excluding hydrogens is 220 g/mol. The van der Waals surface area contributed by atoms with Crippen molar-refractivity contribution in [3.8, 4) is 0 Å². The van der Waals surface area contributed by atoms with E-state index in [1.54, 1.807) is 0 Å². The quantitative estimate of drug-likeness (QED) is 0.849. The Balaban J connectivity index is 2.11. The van der Waals surface area contributed by atoms with E-state index in [2.05, 4.69) is 66.5 Å². The van der Waals surface area contributed by atoms with Crippen molar-refractivity contribution in [1.82, 2.24) is 9.88 Å². The summed E-state index contributed by atoms with van der Waals surface area (Å²) >= 11 is 0. The summed E-state index contributed by atoms with van der Waals surface area (Å²) in [6.45, 7) is 5.29.